The van der Waals surface area contributed by atoms with Gasteiger partial charge in [-0.3, -0.25) is 9.59 Å². The van der Waals surface area contributed by atoms with Gasteiger partial charge in [0.05, 0.1) is 12.2 Å². The highest BCUT2D eigenvalue weighted by atomic mass is 16.5. The van der Waals surface area contributed by atoms with Crippen molar-refractivity contribution < 1.29 is 19.1 Å². The number of rotatable bonds is 12. The number of carbonyl (C=O) groups is 2. The fourth-order valence-corrected chi connectivity index (χ4v) is 2.99. The monoisotopic (exact) mass is 447 g/mol. The molecule has 0 spiro atoms. The van der Waals surface area contributed by atoms with E-state index in [0.717, 1.165) is 17.9 Å². The molecular weight excluding hydrogens is 418 g/mol. The maximum Gasteiger partial charge on any atom is 0.251 e. The van der Waals surface area contributed by atoms with Crippen LogP contribution >= 0.6 is 0 Å². The van der Waals surface area contributed by atoms with Crippen molar-refractivity contribution in [3.8, 4) is 11.5 Å². The van der Waals surface area contributed by atoms with Crippen molar-refractivity contribution in [3.05, 3.63) is 84.4 Å². The molecule has 0 saturated heterocycles. The lowest BCUT2D eigenvalue weighted by Gasteiger charge is -2.14. The molecule has 0 bridgehead atoms. The zero-order chi connectivity index (χ0) is 23.3. The van der Waals surface area contributed by atoms with E-state index in [0.29, 0.717) is 36.8 Å². The first-order chi connectivity index (χ1) is 16.2. The Hall–Kier alpha value is -4.00. The molecule has 0 aromatic heterocycles. The van der Waals surface area contributed by atoms with Gasteiger partial charge in [0.25, 0.3) is 5.91 Å². The average molecular weight is 448 g/mol. The smallest absolute Gasteiger partial charge is 0.251 e. The van der Waals surface area contributed by atoms with Gasteiger partial charge in [0.15, 0.2) is 0 Å². The van der Waals surface area contributed by atoms with Gasteiger partial charge < -0.3 is 25.4 Å². The third kappa shape index (κ3) is 7.88. The number of carbonyl (C=O) groups excluding carboxylic acids is 2. The molecule has 0 unspecified atom stereocenters. The van der Waals surface area contributed by atoms with Crippen molar-refractivity contribution in [2.45, 2.75) is 13.3 Å². The van der Waals surface area contributed by atoms with Crippen LogP contribution < -0.4 is 25.4 Å². The predicted octanol–water partition coefficient (Wildman–Crippen LogP) is 4.33. The number of hydrogen-bond donors (Lipinski definition) is 3. The van der Waals surface area contributed by atoms with Crippen molar-refractivity contribution in [2.75, 3.05) is 36.9 Å². The SMILES string of the molecule is CCCNC(=O)c1ccc(NC(=O)CNc2ccccc2OCCOc2ccccc2)cc1. The van der Waals surface area contributed by atoms with Gasteiger partial charge in [-0.2, -0.15) is 0 Å². The van der Waals surface area contributed by atoms with Gasteiger partial charge in [-0.05, 0) is 55.0 Å². The van der Waals surface area contributed by atoms with E-state index >= 15 is 0 Å². The number of anilines is 2. The van der Waals surface area contributed by atoms with Crippen LogP contribution in [0.15, 0.2) is 78.9 Å². The van der Waals surface area contributed by atoms with Gasteiger partial charge in [-0.15, -0.1) is 0 Å². The van der Waals surface area contributed by atoms with Crippen LogP contribution in [0.1, 0.15) is 23.7 Å². The summed E-state index contributed by atoms with van der Waals surface area (Å²) in [5.74, 6) is 1.10. The molecule has 0 aliphatic heterocycles. The van der Waals surface area contributed by atoms with E-state index in [1.807, 2.05) is 61.5 Å². The fourth-order valence-electron chi connectivity index (χ4n) is 2.99. The maximum absolute atomic E-state index is 12.4. The van der Waals surface area contributed by atoms with E-state index in [4.69, 9.17) is 9.47 Å². The van der Waals surface area contributed by atoms with Crippen molar-refractivity contribution in [1.29, 1.82) is 0 Å². The average Bonchev–Trinajstić information content (AvgIpc) is 2.85. The molecule has 0 heterocycles. The van der Waals surface area contributed by atoms with Crippen LogP contribution in [0, 0.1) is 0 Å². The molecule has 33 heavy (non-hydrogen) atoms. The van der Waals surface area contributed by atoms with Gasteiger partial charge in [-0.25, -0.2) is 0 Å². The van der Waals surface area contributed by atoms with E-state index in [-0.39, 0.29) is 18.4 Å². The van der Waals surface area contributed by atoms with Crippen molar-refractivity contribution in [3.63, 3.8) is 0 Å². The third-order valence-electron chi connectivity index (χ3n) is 4.65. The molecule has 0 radical (unpaired) electrons. The van der Waals surface area contributed by atoms with Crippen LogP contribution in [-0.2, 0) is 4.79 Å². The highest BCUT2D eigenvalue weighted by Crippen LogP contribution is 2.23. The van der Waals surface area contributed by atoms with E-state index in [1.54, 1.807) is 24.3 Å². The van der Waals surface area contributed by atoms with Crippen molar-refractivity contribution >= 4 is 23.2 Å². The fraction of sp³-hybridized carbons (Fsp3) is 0.231. The molecule has 3 N–H and O–H groups in total. The third-order valence-corrected chi connectivity index (χ3v) is 4.65. The van der Waals surface area contributed by atoms with Crippen LogP contribution in [0.2, 0.25) is 0 Å². The number of benzene rings is 3. The first-order valence-corrected chi connectivity index (χ1v) is 11.0. The van der Waals surface area contributed by atoms with Crippen LogP contribution in [0.4, 0.5) is 11.4 Å². The highest BCUT2D eigenvalue weighted by Gasteiger charge is 2.08. The Morgan fingerprint density at radius 2 is 1.52 bits per heavy atom. The van der Waals surface area contributed by atoms with E-state index < -0.39 is 0 Å². The summed E-state index contributed by atoms with van der Waals surface area (Å²) in [4.78, 5) is 24.3. The molecule has 3 aromatic rings. The molecule has 0 atom stereocenters. The lowest BCUT2D eigenvalue weighted by atomic mass is 10.2. The molecule has 7 heteroatoms. The van der Waals surface area contributed by atoms with E-state index in [9.17, 15) is 9.59 Å². The summed E-state index contributed by atoms with van der Waals surface area (Å²) in [6.07, 6.45) is 0.877. The van der Waals surface area contributed by atoms with Crippen molar-refractivity contribution in [2.24, 2.45) is 0 Å². The first kappa shape index (κ1) is 23.7. The molecule has 2 amide bonds. The van der Waals surface area contributed by atoms with Gasteiger partial charge in [-0.1, -0.05) is 37.3 Å². The topological polar surface area (TPSA) is 88.7 Å². The standard InChI is InChI=1S/C26H29N3O4/c1-2-16-27-26(31)20-12-14-21(15-13-20)29-25(30)19-28-23-10-6-7-11-24(23)33-18-17-32-22-8-4-3-5-9-22/h3-15,28H,2,16-19H2,1H3,(H,27,31)(H,29,30). The second kappa shape index (κ2) is 12.8. The Balaban J connectivity index is 1.44. The number of para-hydroxylation sites is 3. The van der Waals surface area contributed by atoms with Gasteiger partial charge in [0, 0.05) is 17.8 Å². The number of nitrogens with one attached hydrogen (secondary N) is 3. The molecule has 3 rings (SSSR count). The Kier molecular flexibility index (Phi) is 9.15. The summed E-state index contributed by atoms with van der Waals surface area (Å²) in [6, 6.07) is 23.8. The summed E-state index contributed by atoms with van der Waals surface area (Å²) in [6.45, 7) is 3.48. The minimum absolute atomic E-state index is 0.0691. The summed E-state index contributed by atoms with van der Waals surface area (Å²) in [7, 11) is 0. The molecule has 172 valence electrons. The Bertz CT molecular complexity index is 1020. The van der Waals surface area contributed by atoms with Crippen LogP contribution in [0.3, 0.4) is 0 Å². The van der Waals surface area contributed by atoms with Crippen LogP contribution in [0.5, 0.6) is 11.5 Å². The van der Waals surface area contributed by atoms with Crippen LogP contribution in [-0.4, -0.2) is 38.1 Å². The molecule has 0 aliphatic rings. The second-order valence-electron chi connectivity index (χ2n) is 7.24. The van der Waals surface area contributed by atoms with Gasteiger partial charge >= 0.3 is 0 Å². The lowest BCUT2D eigenvalue weighted by Crippen LogP contribution is -2.24. The number of hydrogen-bond acceptors (Lipinski definition) is 5. The number of amides is 2. The van der Waals surface area contributed by atoms with Gasteiger partial charge in [0.1, 0.15) is 24.7 Å². The zero-order valence-corrected chi connectivity index (χ0v) is 18.7. The molecule has 0 saturated carbocycles. The minimum Gasteiger partial charge on any atom is -0.490 e. The normalized spacial score (nSPS) is 10.2. The summed E-state index contributed by atoms with van der Waals surface area (Å²) in [5, 5.41) is 8.74. The Morgan fingerprint density at radius 1 is 0.818 bits per heavy atom. The number of ether oxygens (including phenoxy) is 2. The predicted molar refractivity (Wildman–Crippen MR) is 130 cm³/mol. The maximum atomic E-state index is 12.4. The zero-order valence-electron chi connectivity index (χ0n) is 18.7. The largest absolute Gasteiger partial charge is 0.490 e. The van der Waals surface area contributed by atoms with Crippen LogP contribution in [0.25, 0.3) is 0 Å². The molecule has 3 aromatic carbocycles. The van der Waals surface area contributed by atoms with E-state index in [2.05, 4.69) is 16.0 Å². The molecule has 0 fully saturated rings. The quantitative estimate of drug-likeness (QED) is 0.360. The molecule has 7 nitrogen and oxygen atoms in total. The Morgan fingerprint density at radius 3 is 2.27 bits per heavy atom. The van der Waals surface area contributed by atoms with E-state index in [1.165, 1.54) is 0 Å². The highest BCUT2D eigenvalue weighted by molar-refractivity contribution is 5.96. The van der Waals surface area contributed by atoms with Gasteiger partial charge in [0.2, 0.25) is 5.91 Å². The first-order valence-electron chi connectivity index (χ1n) is 11.0. The molecule has 0 aliphatic carbocycles. The summed E-state index contributed by atoms with van der Waals surface area (Å²) in [5.41, 5.74) is 1.90. The lowest BCUT2D eigenvalue weighted by molar-refractivity contribution is -0.114. The second-order valence-corrected chi connectivity index (χ2v) is 7.24. The molecular formula is C26H29N3O4. The Labute approximate surface area is 194 Å². The minimum atomic E-state index is -0.208. The van der Waals surface area contributed by atoms with Crippen molar-refractivity contribution in [1.82, 2.24) is 5.32 Å². The summed E-state index contributed by atoms with van der Waals surface area (Å²) < 4.78 is 11.5. The summed E-state index contributed by atoms with van der Waals surface area (Å²) >= 11 is 0.